The molecule has 0 aliphatic carbocycles. The Bertz CT molecular complexity index is 1340. The number of nitrogens with zero attached hydrogens (tertiary/aromatic N) is 3. The van der Waals surface area contributed by atoms with E-state index in [1.54, 1.807) is 12.5 Å². The van der Waals surface area contributed by atoms with Gasteiger partial charge in [-0.05, 0) is 22.8 Å². The van der Waals surface area contributed by atoms with E-state index in [0.29, 0.717) is 12.1 Å². The molecule has 0 saturated heterocycles. The lowest BCUT2D eigenvalue weighted by molar-refractivity contribution is 0.0952. The average Bonchev–Trinajstić information content (AvgIpc) is 3.47. The van der Waals surface area contributed by atoms with Gasteiger partial charge in [0.2, 0.25) is 0 Å². The number of carbonyl (C=O) groups is 1. The van der Waals surface area contributed by atoms with Crippen LogP contribution in [-0.4, -0.2) is 20.0 Å². The van der Waals surface area contributed by atoms with Crippen molar-refractivity contribution in [3.05, 3.63) is 126 Å². The quantitative estimate of drug-likeness (QED) is 0.409. The second-order valence-electron chi connectivity index (χ2n) is 7.86. The molecule has 0 fully saturated rings. The van der Waals surface area contributed by atoms with Crippen LogP contribution in [0.25, 0.3) is 10.9 Å². The number of rotatable bonds is 7. The van der Waals surface area contributed by atoms with E-state index < -0.39 is 0 Å². The maximum absolute atomic E-state index is 13.2. The number of imidazole rings is 1. The fraction of sp³-hybridized carbons (Fsp3) is 0.111. The first-order valence-corrected chi connectivity index (χ1v) is 10.7. The Labute approximate surface area is 187 Å². The van der Waals surface area contributed by atoms with E-state index in [2.05, 4.69) is 45.2 Å². The van der Waals surface area contributed by atoms with E-state index in [-0.39, 0.29) is 5.91 Å². The van der Waals surface area contributed by atoms with Gasteiger partial charge in [0, 0.05) is 49.1 Å². The van der Waals surface area contributed by atoms with Crippen molar-refractivity contribution in [3.63, 3.8) is 0 Å². The molecule has 5 aromatic rings. The number of fused-ring (bicyclic) bond motifs is 1. The number of amides is 1. The van der Waals surface area contributed by atoms with Gasteiger partial charge in [-0.3, -0.25) is 4.79 Å². The van der Waals surface area contributed by atoms with Crippen molar-refractivity contribution in [1.82, 2.24) is 19.4 Å². The van der Waals surface area contributed by atoms with Crippen molar-refractivity contribution in [3.8, 4) is 0 Å². The predicted molar refractivity (Wildman–Crippen MR) is 126 cm³/mol. The van der Waals surface area contributed by atoms with Crippen LogP contribution in [0.4, 0.5) is 0 Å². The van der Waals surface area contributed by atoms with Gasteiger partial charge in [-0.1, -0.05) is 72.8 Å². The monoisotopic (exact) mass is 420 g/mol. The Kier molecular flexibility index (Phi) is 5.54. The number of carbonyl (C=O) groups excluding carboxylic acids is 1. The molecule has 0 spiro atoms. The van der Waals surface area contributed by atoms with Crippen molar-refractivity contribution in [2.45, 2.75) is 19.6 Å². The molecular formula is C27H24N4O. The number of hydrogen-bond acceptors (Lipinski definition) is 2. The van der Waals surface area contributed by atoms with Gasteiger partial charge in [0.25, 0.3) is 5.91 Å². The Morgan fingerprint density at radius 1 is 0.844 bits per heavy atom. The SMILES string of the molecule is O=C(NCc1ccccc1Cn1ccnc1)c1cn(Cc2ccccc2)c2ccccc12. The third-order valence-corrected chi connectivity index (χ3v) is 5.70. The molecule has 0 atom stereocenters. The van der Waals surface area contributed by atoms with E-state index in [1.807, 2.05) is 65.5 Å². The van der Waals surface area contributed by atoms with Crippen LogP contribution >= 0.6 is 0 Å². The maximum atomic E-state index is 13.2. The molecule has 0 saturated carbocycles. The van der Waals surface area contributed by atoms with Gasteiger partial charge in [0.1, 0.15) is 0 Å². The minimum Gasteiger partial charge on any atom is -0.348 e. The maximum Gasteiger partial charge on any atom is 0.253 e. The van der Waals surface area contributed by atoms with Crippen molar-refractivity contribution < 1.29 is 4.79 Å². The summed E-state index contributed by atoms with van der Waals surface area (Å²) >= 11 is 0. The highest BCUT2D eigenvalue weighted by molar-refractivity contribution is 6.07. The van der Waals surface area contributed by atoms with Crippen LogP contribution in [-0.2, 0) is 19.6 Å². The summed E-state index contributed by atoms with van der Waals surface area (Å²) < 4.78 is 4.17. The summed E-state index contributed by atoms with van der Waals surface area (Å²) in [6, 6.07) is 26.5. The number of hydrogen-bond donors (Lipinski definition) is 1. The van der Waals surface area contributed by atoms with Gasteiger partial charge < -0.3 is 14.5 Å². The normalized spacial score (nSPS) is 11.0. The van der Waals surface area contributed by atoms with E-state index in [0.717, 1.165) is 35.1 Å². The Hall–Kier alpha value is -4.12. The molecule has 0 aliphatic heterocycles. The third kappa shape index (κ3) is 4.18. The van der Waals surface area contributed by atoms with Gasteiger partial charge in [-0.15, -0.1) is 0 Å². The van der Waals surface area contributed by atoms with Crippen LogP contribution in [0.3, 0.4) is 0 Å². The molecule has 5 rings (SSSR count). The fourth-order valence-electron chi connectivity index (χ4n) is 4.07. The molecule has 5 heteroatoms. The molecule has 1 N–H and O–H groups in total. The first-order chi connectivity index (χ1) is 15.8. The number of benzene rings is 3. The molecule has 0 radical (unpaired) electrons. The summed E-state index contributed by atoms with van der Waals surface area (Å²) in [7, 11) is 0. The summed E-state index contributed by atoms with van der Waals surface area (Å²) in [6.07, 6.45) is 7.48. The summed E-state index contributed by atoms with van der Waals surface area (Å²) in [4.78, 5) is 17.3. The van der Waals surface area contributed by atoms with Crippen molar-refractivity contribution in [2.75, 3.05) is 0 Å². The van der Waals surface area contributed by atoms with Crippen LogP contribution in [0.1, 0.15) is 27.0 Å². The Balaban J connectivity index is 1.37. The smallest absolute Gasteiger partial charge is 0.253 e. The number of nitrogens with one attached hydrogen (secondary N) is 1. The number of para-hydroxylation sites is 1. The molecule has 5 nitrogen and oxygen atoms in total. The second-order valence-corrected chi connectivity index (χ2v) is 7.86. The molecule has 32 heavy (non-hydrogen) atoms. The summed E-state index contributed by atoms with van der Waals surface area (Å²) in [5, 5.41) is 4.09. The van der Waals surface area contributed by atoms with Crippen LogP contribution in [0, 0.1) is 0 Å². The van der Waals surface area contributed by atoms with Crippen LogP contribution in [0.5, 0.6) is 0 Å². The van der Waals surface area contributed by atoms with E-state index in [4.69, 9.17) is 0 Å². The Morgan fingerprint density at radius 3 is 2.41 bits per heavy atom. The highest BCUT2D eigenvalue weighted by Gasteiger charge is 2.15. The summed E-state index contributed by atoms with van der Waals surface area (Å²) in [5.74, 6) is -0.0644. The fourth-order valence-corrected chi connectivity index (χ4v) is 4.07. The highest BCUT2D eigenvalue weighted by atomic mass is 16.1. The van der Waals surface area contributed by atoms with Crippen LogP contribution in [0.15, 0.2) is 104 Å². The molecule has 2 heterocycles. The molecule has 2 aromatic heterocycles. The average molecular weight is 421 g/mol. The molecule has 0 bridgehead atoms. The largest absolute Gasteiger partial charge is 0.348 e. The standard InChI is InChI=1S/C27H24N4O/c32-27(29-16-22-10-4-5-11-23(22)18-30-15-14-28-20-30)25-19-31(17-21-8-2-1-3-9-21)26-13-7-6-12-24(25)26/h1-15,19-20H,16-18H2,(H,29,32). The van der Waals surface area contributed by atoms with Gasteiger partial charge in [-0.25, -0.2) is 4.98 Å². The highest BCUT2D eigenvalue weighted by Crippen LogP contribution is 2.23. The van der Waals surface area contributed by atoms with Crippen molar-refractivity contribution in [2.24, 2.45) is 0 Å². The van der Waals surface area contributed by atoms with E-state index in [9.17, 15) is 4.79 Å². The van der Waals surface area contributed by atoms with E-state index >= 15 is 0 Å². The minimum absolute atomic E-state index is 0.0644. The van der Waals surface area contributed by atoms with Gasteiger partial charge >= 0.3 is 0 Å². The van der Waals surface area contributed by atoms with Crippen molar-refractivity contribution >= 4 is 16.8 Å². The lowest BCUT2D eigenvalue weighted by atomic mass is 10.1. The zero-order chi connectivity index (χ0) is 21.8. The second kappa shape index (κ2) is 8.94. The van der Waals surface area contributed by atoms with Crippen LogP contribution in [0.2, 0.25) is 0 Å². The molecule has 3 aromatic carbocycles. The van der Waals surface area contributed by atoms with Gasteiger partial charge in [-0.2, -0.15) is 0 Å². The van der Waals surface area contributed by atoms with Crippen LogP contribution < -0.4 is 5.32 Å². The lowest BCUT2D eigenvalue weighted by Crippen LogP contribution is -2.23. The first-order valence-electron chi connectivity index (χ1n) is 10.7. The van der Waals surface area contributed by atoms with E-state index in [1.165, 1.54) is 5.56 Å². The molecule has 158 valence electrons. The van der Waals surface area contributed by atoms with Gasteiger partial charge in [0.05, 0.1) is 11.9 Å². The number of aromatic nitrogens is 3. The minimum atomic E-state index is -0.0644. The third-order valence-electron chi connectivity index (χ3n) is 5.70. The zero-order valence-electron chi connectivity index (χ0n) is 17.7. The molecular weight excluding hydrogens is 396 g/mol. The lowest BCUT2D eigenvalue weighted by Gasteiger charge is -2.11. The zero-order valence-corrected chi connectivity index (χ0v) is 17.7. The Morgan fingerprint density at radius 2 is 1.59 bits per heavy atom. The topological polar surface area (TPSA) is 51.9 Å². The van der Waals surface area contributed by atoms with Crippen molar-refractivity contribution in [1.29, 1.82) is 0 Å². The van der Waals surface area contributed by atoms with Gasteiger partial charge in [0.15, 0.2) is 0 Å². The molecule has 0 aliphatic rings. The predicted octanol–water partition coefficient (Wildman–Crippen LogP) is 4.86. The summed E-state index contributed by atoms with van der Waals surface area (Å²) in [6.45, 7) is 1.92. The summed E-state index contributed by atoms with van der Waals surface area (Å²) in [5.41, 5.74) is 5.22. The first kappa shape index (κ1) is 19.8. The molecule has 0 unspecified atom stereocenters. The molecule has 1 amide bonds.